The van der Waals surface area contributed by atoms with Gasteiger partial charge in [0.2, 0.25) is 0 Å². The molecule has 0 radical (unpaired) electrons. The van der Waals surface area contributed by atoms with Crippen molar-refractivity contribution in [3.05, 3.63) is 0 Å². The van der Waals surface area contributed by atoms with Crippen LogP contribution in [0.25, 0.3) is 0 Å². The Balaban J connectivity index is 0. The number of hydrogen-bond acceptors (Lipinski definition) is 6. The number of amides is 2. The summed E-state index contributed by atoms with van der Waals surface area (Å²) in [4.78, 5) is 14.7. The standard InChI is InChI=1S/C4H10N4O2.C3H8O3S/c1-2-3-10-8-7-4(9)6-5;1-2-3-7(4,5)6/h2-3,5H2,1H3,(H,6,9);2-3H2,1H3,(H,4,5,6). The fraction of sp³-hybridized carbons (Fsp3) is 0.857. The first-order chi connectivity index (χ1) is 7.87. The van der Waals surface area contributed by atoms with E-state index in [-0.39, 0.29) is 5.75 Å². The Kier molecular flexibility index (Phi) is 12.0. The van der Waals surface area contributed by atoms with Gasteiger partial charge >= 0.3 is 6.03 Å². The van der Waals surface area contributed by atoms with E-state index in [1.54, 1.807) is 12.3 Å². The smallest absolute Gasteiger partial charge is 0.376 e. The second-order valence-electron chi connectivity index (χ2n) is 2.75. The quantitative estimate of drug-likeness (QED) is 0.167. The molecule has 9 nitrogen and oxygen atoms in total. The van der Waals surface area contributed by atoms with E-state index in [4.69, 9.17) is 4.55 Å². The molecule has 0 aliphatic carbocycles. The molecule has 0 aromatic rings. The number of hydrogen-bond donors (Lipinski definition) is 3. The zero-order chi connectivity index (χ0) is 13.7. The molecule has 4 N–H and O–H groups in total. The zero-order valence-electron chi connectivity index (χ0n) is 9.79. The maximum absolute atomic E-state index is 10.2. The van der Waals surface area contributed by atoms with Crippen LogP contribution in [0.15, 0.2) is 10.4 Å². The molecule has 2 amide bonds. The van der Waals surface area contributed by atoms with Gasteiger partial charge < -0.3 is 4.84 Å². The third-order valence-electron chi connectivity index (χ3n) is 1.07. The summed E-state index contributed by atoms with van der Waals surface area (Å²) in [6, 6.07) is -0.726. The third kappa shape index (κ3) is 20.7. The molecular weight excluding hydrogens is 252 g/mol. The molecule has 0 saturated carbocycles. The molecule has 0 fully saturated rings. The van der Waals surface area contributed by atoms with Gasteiger partial charge in [0.05, 0.1) is 5.75 Å². The Hall–Kier alpha value is -1.26. The van der Waals surface area contributed by atoms with Crippen LogP contribution in [0.5, 0.6) is 0 Å². The molecule has 10 heteroatoms. The normalized spacial score (nSPS) is 10.6. The fourth-order valence-electron chi connectivity index (χ4n) is 0.485. The summed E-state index contributed by atoms with van der Waals surface area (Å²) in [7, 11) is -3.67. The molecule has 0 aliphatic heterocycles. The Morgan fingerprint density at radius 3 is 2.29 bits per heavy atom. The van der Waals surface area contributed by atoms with E-state index in [1.165, 1.54) is 0 Å². The van der Waals surface area contributed by atoms with Crippen LogP contribution in [-0.2, 0) is 15.0 Å². The van der Waals surface area contributed by atoms with Crippen molar-refractivity contribution in [2.75, 3.05) is 12.4 Å². The average molecular weight is 270 g/mol. The molecule has 0 unspecified atom stereocenters. The summed E-state index contributed by atoms with van der Waals surface area (Å²) >= 11 is 0. The number of hydrazine groups is 1. The van der Waals surface area contributed by atoms with E-state index in [2.05, 4.69) is 21.1 Å². The number of nitrogens with two attached hydrogens (primary N) is 1. The van der Waals surface area contributed by atoms with Crippen molar-refractivity contribution in [1.82, 2.24) is 5.43 Å². The predicted molar refractivity (Wildman–Crippen MR) is 60.5 cm³/mol. The highest BCUT2D eigenvalue weighted by molar-refractivity contribution is 7.85. The van der Waals surface area contributed by atoms with Crippen LogP contribution < -0.4 is 11.3 Å². The van der Waals surface area contributed by atoms with Gasteiger partial charge in [-0.1, -0.05) is 19.0 Å². The first kappa shape index (κ1) is 18.1. The lowest BCUT2D eigenvalue weighted by Crippen LogP contribution is -2.26. The van der Waals surface area contributed by atoms with Crippen LogP contribution in [0.3, 0.4) is 0 Å². The number of nitrogens with one attached hydrogen (secondary N) is 1. The minimum atomic E-state index is -3.67. The summed E-state index contributed by atoms with van der Waals surface area (Å²) in [5, 5.41) is 6.07. The summed E-state index contributed by atoms with van der Waals surface area (Å²) in [6.45, 7) is 4.05. The van der Waals surface area contributed by atoms with Crippen LogP contribution >= 0.6 is 0 Å². The van der Waals surface area contributed by atoms with E-state index in [9.17, 15) is 13.2 Å². The van der Waals surface area contributed by atoms with E-state index < -0.39 is 16.1 Å². The highest BCUT2D eigenvalue weighted by Gasteiger charge is 1.98. The van der Waals surface area contributed by atoms with Gasteiger partial charge in [0.15, 0.2) is 0 Å². The van der Waals surface area contributed by atoms with E-state index in [0.717, 1.165) is 6.42 Å². The Morgan fingerprint density at radius 1 is 1.41 bits per heavy atom. The highest BCUT2D eigenvalue weighted by Crippen LogP contribution is 1.84. The Morgan fingerprint density at radius 2 is 2.00 bits per heavy atom. The zero-order valence-corrected chi connectivity index (χ0v) is 10.6. The predicted octanol–water partition coefficient (Wildman–Crippen LogP) is 0.648. The maximum atomic E-state index is 10.2. The van der Waals surface area contributed by atoms with Gasteiger partial charge in [0.25, 0.3) is 10.1 Å². The molecule has 0 spiro atoms. The lowest BCUT2D eigenvalue weighted by Gasteiger charge is -1.90. The van der Waals surface area contributed by atoms with Gasteiger partial charge in [-0.05, 0) is 12.8 Å². The minimum Gasteiger partial charge on any atom is -0.379 e. The van der Waals surface area contributed by atoms with Crippen LogP contribution in [0.4, 0.5) is 4.79 Å². The fourth-order valence-corrected chi connectivity index (χ4v) is 1.00. The minimum absolute atomic E-state index is 0.132. The van der Waals surface area contributed by atoms with Gasteiger partial charge in [-0.2, -0.15) is 8.42 Å². The van der Waals surface area contributed by atoms with Crippen molar-refractivity contribution >= 4 is 16.1 Å². The molecule has 0 aromatic heterocycles. The molecule has 0 aliphatic rings. The highest BCUT2D eigenvalue weighted by atomic mass is 32.2. The summed E-state index contributed by atoms with van der Waals surface area (Å²) in [5.41, 5.74) is 1.76. The first-order valence-corrected chi connectivity index (χ1v) is 6.47. The van der Waals surface area contributed by atoms with Gasteiger partial charge in [0, 0.05) is 5.28 Å². The van der Waals surface area contributed by atoms with Crippen molar-refractivity contribution < 1.29 is 22.6 Å². The van der Waals surface area contributed by atoms with Crippen molar-refractivity contribution in [3.63, 3.8) is 0 Å². The van der Waals surface area contributed by atoms with E-state index in [0.29, 0.717) is 13.0 Å². The van der Waals surface area contributed by atoms with Crippen LogP contribution in [0, 0.1) is 0 Å². The van der Waals surface area contributed by atoms with E-state index >= 15 is 0 Å². The lowest BCUT2D eigenvalue weighted by molar-refractivity contribution is 0.124. The van der Waals surface area contributed by atoms with E-state index in [1.807, 2.05) is 6.92 Å². The van der Waals surface area contributed by atoms with Crippen LogP contribution in [0.2, 0.25) is 0 Å². The van der Waals surface area contributed by atoms with Crippen molar-refractivity contribution in [2.45, 2.75) is 26.7 Å². The van der Waals surface area contributed by atoms with Crippen LogP contribution in [0.1, 0.15) is 26.7 Å². The average Bonchev–Trinajstić information content (AvgIpc) is 2.23. The molecule has 0 rings (SSSR count). The number of urea groups is 1. The topological polar surface area (TPSA) is 143 Å². The second-order valence-corrected chi connectivity index (χ2v) is 4.32. The number of carbonyl (C=O) groups is 1. The van der Waals surface area contributed by atoms with Crippen molar-refractivity contribution in [1.29, 1.82) is 0 Å². The monoisotopic (exact) mass is 270 g/mol. The second kappa shape index (κ2) is 11.2. The first-order valence-electron chi connectivity index (χ1n) is 4.86. The molecule has 0 saturated heterocycles. The number of rotatable bonds is 5. The van der Waals surface area contributed by atoms with Gasteiger partial charge in [0.1, 0.15) is 6.61 Å². The molecule has 0 bridgehead atoms. The maximum Gasteiger partial charge on any atom is 0.376 e. The number of carbonyl (C=O) groups excluding carboxylic acids is 1. The SMILES string of the molecule is CCCON=NC(=O)NN.CCCS(=O)(=O)O. The van der Waals surface area contributed by atoms with Crippen molar-refractivity contribution in [3.8, 4) is 0 Å². The lowest BCUT2D eigenvalue weighted by atomic mass is 10.5. The molecular formula is C7H18N4O5S. The molecule has 0 heterocycles. The van der Waals surface area contributed by atoms with Gasteiger partial charge in [-0.25, -0.2) is 10.6 Å². The summed E-state index contributed by atoms with van der Waals surface area (Å²) < 4.78 is 27.6. The van der Waals surface area contributed by atoms with Crippen molar-refractivity contribution in [2.24, 2.45) is 16.2 Å². The molecule has 17 heavy (non-hydrogen) atoms. The van der Waals surface area contributed by atoms with Crippen LogP contribution in [-0.4, -0.2) is 31.4 Å². The summed E-state index contributed by atoms with van der Waals surface area (Å²) in [6.07, 6.45) is 1.29. The summed E-state index contributed by atoms with van der Waals surface area (Å²) in [5.74, 6) is 4.55. The Labute approximate surface area is 100 Å². The molecule has 0 aromatic carbocycles. The van der Waals surface area contributed by atoms with Gasteiger partial charge in [-0.3, -0.25) is 9.98 Å². The largest absolute Gasteiger partial charge is 0.379 e. The molecule has 102 valence electrons. The molecule has 0 atom stereocenters. The third-order valence-corrected chi connectivity index (χ3v) is 1.99. The number of nitrogens with zero attached hydrogens (tertiary/aromatic N) is 2. The Bertz CT molecular complexity index is 316. The van der Waals surface area contributed by atoms with Gasteiger partial charge in [-0.15, -0.1) is 0 Å².